The van der Waals surface area contributed by atoms with Crippen LogP contribution >= 0.6 is 0 Å². The summed E-state index contributed by atoms with van der Waals surface area (Å²) in [5.41, 5.74) is 1.56. The highest BCUT2D eigenvalue weighted by Gasteiger charge is 2.22. The molecule has 146 valence electrons. The van der Waals surface area contributed by atoms with Crippen LogP contribution in [0.15, 0.2) is 23.8 Å². The van der Waals surface area contributed by atoms with Gasteiger partial charge in [0, 0.05) is 13.8 Å². The van der Waals surface area contributed by atoms with E-state index in [-0.39, 0.29) is 18.2 Å². The maximum Gasteiger partial charge on any atom is 0.328 e. The number of carbonyl (C=O) groups is 4. The molecule has 1 unspecified atom stereocenters. The van der Waals surface area contributed by atoms with Crippen molar-refractivity contribution < 1.29 is 28.7 Å². The highest BCUT2D eigenvalue weighted by atomic mass is 16.5. The minimum Gasteiger partial charge on any atom is -0.467 e. The molecule has 0 saturated heterocycles. The zero-order valence-corrected chi connectivity index (χ0v) is 16.0. The van der Waals surface area contributed by atoms with Crippen LogP contribution in [-0.2, 0) is 28.7 Å². The third-order valence-electron chi connectivity index (χ3n) is 3.58. The van der Waals surface area contributed by atoms with E-state index in [1.165, 1.54) is 28.1 Å². The molecule has 0 saturated carbocycles. The van der Waals surface area contributed by atoms with Gasteiger partial charge in [-0.2, -0.15) is 0 Å². The van der Waals surface area contributed by atoms with E-state index >= 15 is 0 Å². The van der Waals surface area contributed by atoms with Crippen LogP contribution in [0.5, 0.6) is 0 Å². The van der Waals surface area contributed by atoms with Crippen LogP contribution in [0.4, 0.5) is 0 Å². The van der Waals surface area contributed by atoms with Gasteiger partial charge in [-0.3, -0.25) is 9.59 Å². The van der Waals surface area contributed by atoms with Gasteiger partial charge in [-0.05, 0) is 31.8 Å². The van der Waals surface area contributed by atoms with Crippen molar-refractivity contribution in [3.05, 3.63) is 23.8 Å². The Bertz CT molecular complexity index is 582. The fraction of sp³-hybridized carbons (Fsp3) is 0.556. The molecule has 0 aliphatic rings. The van der Waals surface area contributed by atoms with Crippen molar-refractivity contribution >= 4 is 23.8 Å². The van der Waals surface area contributed by atoms with Gasteiger partial charge in [0.2, 0.25) is 11.8 Å². The average molecular weight is 368 g/mol. The molecule has 0 aromatic rings. The van der Waals surface area contributed by atoms with Gasteiger partial charge in [-0.25, -0.2) is 9.59 Å². The van der Waals surface area contributed by atoms with Gasteiger partial charge in [0.25, 0.3) is 0 Å². The predicted octanol–water partition coefficient (Wildman–Crippen LogP) is 1.01. The van der Waals surface area contributed by atoms with E-state index in [0.717, 1.165) is 11.1 Å². The summed E-state index contributed by atoms with van der Waals surface area (Å²) in [7, 11) is 2.50. The van der Waals surface area contributed by atoms with Gasteiger partial charge in [0.1, 0.15) is 12.1 Å². The third-order valence-corrected chi connectivity index (χ3v) is 3.58. The number of nitrogens with one attached hydrogen (secondary N) is 2. The van der Waals surface area contributed by atoms with Gasteiger partial charge >= 0.3 is 11.9 Å². The number of hydrogen-bond acceptors (Lipinski definition) is 6. The van der Waals surface area contributed by atoms with Crippen LogP contribution in [-0.4, -0.2) is 50.1 Å². The van der Waals surface area contributed by atoms with E-state index in [4.69, 9.17) is 0 Å². The fourth-order valence-electron chi connectivity index (χ4n) is 2.29. The monoisotopic (exact) mass is 368 g/mol. The first kappa shape index (κ1) is 23.4. The molecule has 0 aliphatic heterocycles. The molecule has 0 aliphatic carbocycles. The minimum atomic E-state index is -0.807. The Balaban J connectivity index is 5.14. The first-order valence-corrected chi connectivity index (χ1v) is 8.17. The maximum atomic E-state index is 11.8. The topological polar surface area (TPSA) is 111 Å². The summed E-state index contributed by atoms with van der Waals surface area (Å²) >= 11 is 0. The normalized spacial score (nSPS) is 13.2. The van der Waals surface area contributed by atoms with E-state index in [9.17, 15) is 19.2 Å². The van der Waals surface area contributed by atoms with Crippen LogP contribution in [0.1, 0.15) is 40.0 Å². The molecule has 0 rings (SSSR count). The Morgan fingerprint density at radius 2 is 1.38 bits per heavy atom. The molecular formula is C18H28N2O6. The second kappa shape index (κ2) is 11.8. The fourth-order valence-corrected chi connectivity index (χ4v) is 2.29. The molecule has 2 atom stereocenters. The number of hydrogen-bond donors (Lipinski definition) is 2. The van der Waals surface area contributed by atoms with Crippen molar-refractivity contribution in [2.75, 3.05) is 14.2 Å². The number of carbonyl (C=O) groups excluding carboxylic acids is 4. The van der Waals surface area contributed by atoms with Gasteiger partial charge in [-0.1, -0.05) is 18.2 Å². The van der Waals surface area contributed by atoms with Crippen molar-refractivity contribution in [2.24, 2.45) is 0 Å². The van der Waals surface area contributed by atoms with Crippen LogP contribution in [0.2, 0.25) is 0 Å². The minimum absolute atomic E-state index is 0.220. The molecule has 0 aromatic heterocycles. The lowest BCUT2D eigenvalue weighted by molar-refractivity contribution is -0.145. The number of ether oxygens (including phenoxy) is 2. The van der Waals surface area contributed by atoms with Crippen molar-refractivity contribution in [2.45, 2.75) is 52.1 Å². The van der Waals surface area contributed by atoms with Gasteiger partial charge in [-0.15, -0.1) is 0 Å². The van der Waals surface area contributed by atoms with E-state index in [2.05, 4.69) is 26.7 Å². The highest BCUT2D eigenvalue weighted by Crippen LogP contribution is 2.18. The molecule has 0 bridgehead atoms. The molecule has 0 radical (unpaired) electrons. The third kappa shape index (κ3) is 9.00. The van der Waals surface area contributed by atoms with E-state index in [1.807, 2.05) is 0 Å². The van der Waals surface area contributed by atoms with Crippen LogP contribution in [0, 0.1) is 0 Å². The van der Waals surface area contributed by atoms with Crippen molar-refractivity contribution in [3.8, 4) is 0 Å². The summed E-state index contributed by atoms with van der Waals surface area (Å²) in [6.45, 7) is 8.31. The van der Waals surface area contributed by atoms with Crippen LogP contribution < -0.4 is 10.6 Å². The van der Waals surface area contributed by atoms with Gasteiger partial charge in [0.15, 0.2) is 0 Å². The van der Waals surface area contributed by atoms with Gasteiger partial charge < -0.3 is 20.1 Å². The standard InChI is InChI=1S/C18H28N2O6/c1-11(2)14(7-9-15(17(23)25-5)19-12(3)21)8-10-16(18(24)26-6)20-13(4)22/h7,15-16H,1,8-10H2,2-6H3,(H,19,21)(H,20,22)/b14-7+/t15-,16?/m0/s1. The van der Waals surface area contributed by atoms with Crippen LogP contribution in [0.25, 0.3) is 0 Å². The Labute approximate surface area is 154 Å². The largest absolute Gasteiger partial charge is 0.467 e. The summed E-state index contributed by atoms with van der Waals surface area (Å²) in [6, 6.07) is -1.58. The van der Waals surface area contributed by atoms with Gasteiger partial charge in [0.05, 0.1) is 14.2 Å². The Morgan fingerprint density at radius 1 is 0.923 bits per heavy atom. The summed E-state index contributed by atoms with van der Waals surface area (Å²) in [4.78, 5) is 46.0. The first-order chi connectivity index (χ1) is 12.1. The smallest absolute Gasteiger partial charge is 0.328 e. The lowest BCUT2D eigenvalue weighted by Gasteiger charge is -2.18. The lowest BCUT2D eigenvalue weighted by Crippen LogP contribution is -2.40. The number of methoxy groups -OCH3 is 2. The zero-order valence-electron chi connectivity index (χ0n) is 16.0. The molecular weight excluding hydrogens is 340 g/mol. The second-order valence-corrected chi connectivity index (χ2v) is 5.84. The van der Waals surface area contributed by atoms with E-state index in [1.54, 1.807) is 13.0 Å². The SMILES string of the molecule is C=C(C)/C(=C/C[C@H](NC(C)=O)C(=O)OC)CCC(NC(C)=O)C(=O)OC. The van der Waals surface area contributed by atoms with Crippen molar-refractivity contribution in [1.29, 1.82) is 0 Å². The number of rotatable bonds is 10. The first-order valence-electron chi connectivity index (χ1n) is 8.17. The lowest BCUT2D eigenvalue weighted by atomic mass is 9.98. The Kier molecular flexibility index (Phi) is 10.6. The summed E-state index contributed by atoms with van der Waals surface area (Å²) in [5, 5.41) is 5.07. The summed E-state index contributed by atoms with van der Waals surface area (Å²) < 4.78 is 9.37. The number of allylic oxidation sites excluding steroid dienone is 2. The second-order valence-electron chi connectivity index (χ2n) is 5.84. The van der Waals surface area contributed by atoms with Crippen molar-refractivity contribution in [1.82, 2.24) is 10.6 Å². The Morgan fingerprint density at radius 3 is 1.81 bits per heavy atom. The van der Waals surface area contributed by atoms with Crippen molar-refractivity contribution in [3.63, 3.8) is 0 Å². The molecule has 8 heteroatoms. The molecule has 8 nitrogen and oxygen atoms in total. The summed E-state index contributed by atoms with van der Waals surface area (Å²) in [6.07, 6.45) is 2.73. The maximum absolute atomic E-state index is 11.8. The molecule has 0 spiro atoms. The molecule has 0 fully saturated rings. The molecule has 0 heterocycles. The molecule has 0 aromatic carbocycles. The molecule has 2 N–H and O–H groups in total. The van der Waals surface area contributed by atoms with Crippen LogP contribution in [0.3, 0.4) is 0 Å². The molecule has 26 heavy (non-hydrogen) atoms. The van der Waals surface area contributed by atoms with E-state index in [0.29, 0.717) is 12.8 Å². The average Bonchev–Trinajstić information content (AvgIpc) is 2.56. The molecule has 2 amide bonds. The number of esters is 2. The zero-order chi connectivity index (χ0) is 20.3. The van der Waals surface area contributed by atoms with E-state index < -0.39 is 24.0 Å². The quantitative estimate of drug-likeness (QED) is 0.440. The number of amides is 2. The predicted molar refractivity (Wildman–Crippen MR) is 96.0 cm³/mol. The Hall–Kier alpha value is -2.64. The summed E-state index contributed by atoms with van der Waals surface area (Å²) in [5.74, 6) is -1.77. The highest BCUT2D eigenvalue weighted by molar-refractivity contribution is 5.83.